The standard InChI is InChI=1S/C12H17N5O3/c13-6-9-10(14)17(4-5-18)15-11(9)16-3-1-2-8(7-16)12(19)20/h8,18H,1-5,7,14H2,(H,19,20). The molecule has 0 aliphatic carbocycles. The molecule has 20 heavy (non-hydrogen) atoms. The maximum absolute atomic E-state index is 11.1. The van der Waals surface area contributed by atoms with Crippen LogP contribution in [0.3, 0.4) is 0 Å². The van der Waals surface area contributed by atoms with Crippen LogP contribution in [0.25, 0.3) is 0 Å². The van der Waals surface area contributed by atoms with Crippen LogP contribution in [0.4, 0.5) is 11.6 Å². The fourth-order valence-corrected chi connectivity index (χ4v) is 2.43. The second-order valence-electron chi connectivity index (χ2n) is 4.77. The zero-order valence-corrected chi connectivity index (χ0v) is 11.0. The Labute approximate surface area is 116 Å². The number of nitrogen functional groups attached to an aromatic ring is 1. The van der Waals surface area contributed by atoms with Crippen LogP contribution in [-0.4, -0.2) is 45.7 Å². The van der Waals surface area contributed by atoms with Gasteiger partial charge in [0.1, 0.15) is 17.5 Å². The topological polar surface area (TPSA) is 128 Å². The number of aliphatic carboxylic acids is 1. The van der Waals surface area contributed by atoms with E-state index >= 15 is 0 Å². The van der Waals surface area contributed by atoms with Crippen molar-refractivity contribution in [1.82, 2.24) is 9.78 Å². The van der Waals surface area contributed by atoms with Crippen LogP contribution < -0.4 is 10.6 Å². The molecular weight excluding hydrogens is 262 g/mol. The molecule has 1 aliphatic rings. The molecule has 1 aromatic rings. The van der Waals surface area contributed by atoms with Gasteiger partial charge in [-0.1, -0.05) is 0 Å². The molecule has 1 unspecified atom stereocenters. The molecule has 1 fully saturated rings. The second kappa shape index (κ2) is 5.79. The van der Waals surface area contributed by atoms with Crippen molar-refractivity contribution in [2.45, 2.75) is 19.4 Å². The first-order valence-corrected chi connectivity index (χ1v) is 6.43. The number of nitriles is 1. The molecule has 4 N–H and O–H groups in total. The lowest BCUT2D eigenvalue weighted by molar-refractivity contribution is -0.141. The minimum atomic E-state index is -0.837. The molecule has 0 spiro atoms. The van der Waals surface area contributed by atoms with Crippen LogP contribution in [0.1, 0.15) is 18.4 Å². The molecular formula is C12H17N5O3. The van der Waals surface area contributed by atoms with Gasteiger partial charge in [0.2, 0.25) is 0 Å². The minimum absolute atomic E-state index is 0.131. The van der Waals surface area contributed by atoms with Crippen LogP contribution >= 0.6 is 0 Å². The molecule has 0 bridgehead atoms. The van der Waals surface area contributed by atoms with Crippen molar-refractivity contribution < 1.29 is 15.0 Å². The Bertz CT molecular complexity index is 548. The summed E-state index contributed by atoms with van der Waals surface area (Å²) >= 11 is 0. The van der Waals surface area contributed by atoms with Crippen LogP contribution in [0, 0.1) is 17.2 Å². The number of piperidine rings is 1. The van der Waals surface area contributed by atoms with Gasteiger partial charge in [0, 0.05) is 13.1 Å². The maximum Gasteiger partial charge on any atom is 0.308 e. The van der Waals surface area contributed by atoms with E-state index < -0.39 is 11.9 Å². The summed E-state index contributed by atoms with van der Waals surface area (Å²) in [5, 5.41) is 31.5. The molecule has 2 heterocycles. The third-order valence-corrected chi connectivity index (χ3v) is 3.47. The first kappa shape index (κ1) is 14.1. The van der Waals surface area contributed by atoms with Crippen LogP contribution in [-0.2, 0) is 11.3 Å². The molecule has 0 aromatic carbocycles. The van der Waals surface area contributed by atoms with Crippen molar-refractivity contribution >= 4 is 17.6 Å². The van der Waals surface area contributed by atoms with Gasteiger partial charge in [-0.25, -0.2) is 4.68 Å². The van der Waals surface area contributed by atoms with Crippen molar-refractivity contribution in [2.24, 2.45) is 5.92 Å². The van der Waals surface area contributed by atoms with Gasteiger partial charge in [-0.15, -0.1) is 0 Å². The largest absolute Gasteiger partial charge is 0.481 e. The minimum Gasteiger partial charge on any atom is -0.481 e. The monoisotopic (exact) mass is 279 g/mol. The SMILES string of the molecule is N#Cc1c(N2CCCC(C(=O)O)C2)nn(CCO)c1N. The number of carboxylic acid groups (broad SMARTS) is 1. The van der Waals surface area contributed by atoms with E-state index in [0.29, 0.717) is 25.3 Å². The number of carboxylic acids is 1. The van der Waals surface area contributed by atoms with Crippen LogP contribution in [0.5, 0.6) is 0 Å². The molecule has 0 saturated carbocycles. The fraction of sp³-hybridized carbons (Fsp3) is 0.583. The van der Waals surface area contributed by atoms with Gasteiger partial charge < -0.3 is 20.8 Å². The maximum atomic E-state index is 11.1. The van der Waals surface area contributed by atoms with Crippen molar-refractivity contribution in [3.63, 3.8) is 0 Å². The number of aromatic nitrogens is 2. The Balaban J connectivity index is 2.30. The van der Waals surface area contributed by atoms with E-state index in [1.54, 1.807) is 4.90 Å². The highest BCUT2D eigenvalue weighted by Gasteiger charge is 2.29. The third kappa shape index (κ3) is 2.53. The molecule has 0 radical (unpaired) electrons. The van der Waals surface area contributed by atoms with Crippen LogP contribution in [0.2, 0.25) is 0 Å². The fourth-order valence-electron chi connectivity index (χ4n) is 2.43. The Kier molecular flexibility index (Phi) is 4.10. The molecule has 8 heteroatoms. The average Bonchev–Trinajstić information content (AvgIpc) is 2.76. The third-order valence-electron chi connectivity index (χ3n) is 3.47. The zero-order valence-electron chi connectivity index (χ0n) is 11.0. The van der Waals surface area contributed by atoms with Gasteiger partial charge in [0.15, 0.2) is 5.82 Å². The van der Waals surface area contributed by atoms with E-state index in [1.807, 2.05) is 6.07 Å². The Morgan fingerprint density at radius 1 is 1.60 bits per heavy atom. The molecule has 1 aromatic heterocycles. The Morgan fingerprint density at radius 2 is 2.35 bits per heavy atom. The number of nitrogens with two attached hydrogens (primary N) is 1. The average molecular weight is 279 g/mol. The second-order valence-corrected chi connectivity index (χ2v) is 4.77. The summed E-state index contributed by atoms with van der Waals surface area (Å²) in [5.74, 6) is -0.686. The van der Waals surface area contributed by atoms with Crippen molar-refractivity contribution in [3.05, 3.63) is 5.56 Å². The zero-order chi connectivity index (χ0) is 14.7. The number of anilines is 2. The Morgan fingerprint density at radius 3 is 2.95 bits per heavy atom. The van der Waals surface area contributed by atoms with Gasteiger partial charge in [0.25, 0.3) is 0 Å². The lowest BCUT2D eigenvalue weighted by Gasteiger charge is -2.30. The van der Waals surface area contributed by atoms with E-state index in [0.717, 1.165) is 6.42 Å². The lowest BCUT2D eigenvalue weighted by atomic mass is 9.98. The summed E-state index contributed by atoms with van der Waals surface area (Å²) < 4.78 is 1.37. The van der Waals surface area contributed by atoms with E-state index in [1.165, 1.54) is 4.68 Å². The van der Waals surface area contributed by atoms with Crippen molar-refractivity contribution in [3.8, 4) is 6.07 Å². The predicted octanol–water partition coefficient (Wildman–Crippen LogP) is -0.370. The quantitative estimate of drug-likeness (QED) is 0.685. The molecule has 1 atom stereocenters. The molecule has 108 valence electrons. The summed E-state index contributed by atoms with van der Waals surface area (Å²) in [5.41, 5.74) is 6.07. The van der Waals surface area contributed by atoms with E-state index in [2.05, 4.69) is 5.10 Å². The highest BCUT2D eigenvalue weighted by molar-refractivity contribution is 5.72. The Hall–Kier alpha value is -2.27. The summed E-state index contributed by atoms with van der Waals surface area (Å²) in [6.07, 6.45) is 1.36. The molecule has 2 rings (SSSR count). The molecule has 8 nitrogen and oxygen atoms in total. The number of aliphatic hydroxyl groups is 1. The number of rotatable bonds is 4. The number of hydrogen-bond acceptors (Lipinski definition) is 6. The summed E-state index contributed by atoms with van der Waals surface area (Å²) in [6, 6.07) is 2.00. The lowest BCUT2D eigenvalue weighted by Crippen LogP contribution is -2.39. The van der Waals surface area contributed by atoms with E-state index in [-0.39, 0.29) is 24.5 Å². The molecule has 1 aliphatic heterocycles. The van der Waals surface area contributed by atoms with Gasteiger partial charge >= 0.3 is 5.97 Å². The van der Waals surface area contributed by atoms with Gasteiger partial charge in [0.05, 0.1) is 19.1 Å². The molecule has 0 amide bonds. The summed E-state index contributed by atoms with van der Waals surface area (Å²) in [7, 11) is 0. The predicted molar refractivity (Wildman–Crippen MR) is 71.0 cm³/mol. The smallest absolute Gasteiger partial charge is 0.308 e. The van der Waals surface area contributed by atoms with Gasteiger partial charge in [-0.3, -0.25) is 4.79 Å². The molecule has 1 saturated heterocycles. The normalized spacial score (nSPS) is 18.8. The van der Waals surface area contributed by atoms with Crippen molar-refractivity contribution in [2.75, 3.05) is 30.3 Å². The first-order chi connectivity index (χ1) is 9.58. The van der Waals surface area contributed by atoms with E-state index in [9.17, 15) is 10.1 Å². The highest BCUT2D eigenvalue weighted by atomic mass is 16.4. The van der Waals surface area contributed by atoms with E-state index in [4.69, 9.17) is 15.9 Å². The van der Waals surface area contributed by atoms with Crippen LogP contribution in [0.15, 0.2) is 0 Å². The number of hydrogen-bond donors (Lipinski definition) is 3. The van der Waals surface area contributed by atoms with Gasteiger partial charge in [-0.05, 0) is 12.8 Å². The summed E-state index contributed by atoms with van der Waals surface area (Å²) in [6.45, 7) is 1.04. The number of aliphatic hydroxyl groups excluding tert-OH is 1. The highest BCUT2D eigenvalue weighted by Crippen LogP contribution is 2.28. The first-order valence-electron chi connectivity index (χ1n) is 6.43. The van der Waals surface area contributed by atoms with Crippen molar-refractivity contribution in [1.29, 1.82) is 5.26 Å². The number of carbonyl (C=O) groups is 1. The van der Waals surface area contributed by atoms with Gasteiger partial charge in [-0.2, -0.15) is 10.4 Å². The number of nitrogens with zero attached hydrogens (tertiary/aromatic N) is 4. The summed E-state index contributed by atoms with van der Waals surface area (Å²) in [4.78, 5) is 12.9.